The standard InChI is InChI=1S/C21H30N4O5S/c1-16(2)13-23(14-19-7-6-12-22(19)5)21(26)15-24(17(3)4)31(29,30)20-10-8-18(9-11-20)25(27)28/h6-12,16-17H,13-15H2,1-5H3. The van der Waals surface area contributed by atoms with Crippen molar-refractivity contribution in [3.63, 3.8) is 0 Å². The number of carbonyl (C=O) groups excluding carboxylic acids is 1. The molecule has 0 unspecified atom stereocenters. The van der Waals surface area contributed by atoms with E-state index in [1.54, 1.807) is 18.7 Å². The minimum atomic E-state index is -4.01. The maximum Gasteiger partial charge on any atom is 0.269 e. The van der Waals surface area contributed by atoms with Crippen LogP contribution >= 0.6 is 0 Å². The lowest BCUT2D eigenvalue weighted by Gasteiger charge is -2.30. The van der Waals surface area contributed by atoms with Gasteiger partial charge in [0.2, 0.25) is 15.9 Å². The van der Waals surface area contributed by atoms with Crippen LogP contribution in [0.5, 0.6) is 0 Å². The monoisotopic (exact) mass is 450 g/mol. The second-order valence-corrected chi connectivity index (χ2v) is 10.1. The quantitative estimate of drug-likeness (QED) is 0.409. The van der Waals surface area contributed by atoms with Crippen LogP contribution in [0.1, 0.15) is 33.4 Å². The van der Waals surface area contributed by atoms with Crippen molar-refractivity contribution in [2.45, 2.75) is 45.2 Å². The topological polar surface area (TPSA) is 106 Å². The maximum absolute atomic E-state index is 13.2. The number of nitro groups is 1. The molecule has 0 aliphatic heterocycles. The molecule has 170 valence electrons. The second-order valence-electron chi connectivity index (χ2n) is 8.17. The number of benzene rings is 1. The van der Waals surface area contributed by atoms with E-state index in [9.17, 15) is 23.3 Å². The van der Waals surface area contributed by atoms with Crippen molar-refractivity contribution in [1.29, 1.82) is 0 Å². The number of nitro benzene ring substituents is 1. The van der Waals surface area contributed by atoms with E-state index in [0.717, 1.165) is 22.1 Å². The summed E-state index contributed by atoms with van der Waals surface area (Å²) >= 11 is 0. The molecule has 0 saturated heterocycles. The summed E-state index contributed by atoms with van der Waals surface area (Å²) in [6.45, 7) is 7.95. The largest absolute Gasteiger partial charge is 0.353 e. The lowest BCUT2D eigenvalue weighted by atomic mass is 10.2. The Labute approximate surface area is 183 Å². The highest BCUT2D eigenvalue weighted by Gasteiger charge is 2.31. The Balaban J connectivity index is 2.29. The molecule has 2 rings (SSSR count). The van der Waals surface area contributed by atoms with E-state index in [0.29, 0.717) is 13.1 Å². The molecule has 2 aromatic rings. The van der Waals surface area contributed by atoms with Crippen molar-refractivity contribution >= 4 is 21.6 Å². The van der Waals surface area contributed by atoms with Gasteiger partial charge in [-0.05, 0) is 44.0 Å². The van der Waals surface area contributed by atoms with Gasteiger partial charge >= 0.3 is 0 Å². The maximum atomic E-state index is 13.2. The van der Waals surface area contributed by atoms with Gasteiger partial charge in [0.1, 0.15) is 0 Å². The number of carbonyl (C=O) groups is 1. The van der Waals surface area contributed by atoms with E-state index in [1.165, 1.54) is 12.1 Å². The molecule has 1 aromatic carbocycles. The Morgan fingerprint density at radius 1 is 1.13 bits per heavy atom. The molecule has 9 nitrogen and oxygen atoms in total. The smallest absolute Gasteiger partial charge is 0.269 e. The van der Waals surface area contributed by atoms with Crippen molar-refractivity contribution in [3.8, 4) is 0 Å². The predicted octanol–water partition coefficient (Wildman–Crippen LogP) is 3.02. The third-order valence-corrected chi connectivity index (χ3v) is 6.90. The summed E-state index contributed by atoms with van der Waals surface area (Å²) in [5.74, 6) is -0.0860. The summed E-state index contributed by atoms with van der Waals surface area (Å²) < 4.78 is 29.4. The molecule has 0 radical (unpaired) electrons. The third kappa shape index (κ3) is 6.14. The minimum Gasteiger partial charge on any atom is -0.353 e. The number of hydrogen-bond donors (Lipinski definition) is 0. The Hall–Kier alpha value is -2.72. The zero-order valence-corrected chi connectivity index (χ0v) is 19.4. The number of non-ortho nitro benzene ring substituents is 1. The summed E-state index contributed by atoms with van der Waals surface area (Å²) in [6, 6.07) is 8.04. The normalized spacial score (nSPS) is 12.0. The van der Waals surface area contributed by atoms with E-state index < -0.39 is 21.0 Å². The van der Waals surface area contributed by atoms with Gasteiger partial charge in [0.15, 0.2) is 0 Å². The second kappa shape index (κ2) is 10.1. The molecule has 0 saturated carbocycles. The predicted molar refractivity (Wildman–Crippen MR) is 118 cm³/mol. The summed E-state index contributed by atoms with van der Waals surface area (Å²) in [5.41, 5.74) is 0.750. The molecule has 0 spiro atoms. The van der Waals surface area contributed by atoms with Crippen LogP contribution in [0.4, 0.5) is 5.69 Å². The van der Waals surface area contributed by atoms with Crippen LogP contribution in [-0.2, 0) is 28.4 Å². The van der Waals surface area contributed by atoms with Crippen LogP contribution in [0, 0.1) is 16.0 Å². The Morgan fingerprint density at radius 3 is 2.19 bits per heavy atom. The highest BCUT2D eigenvalue weighted by atomic mass is 32.2. The summed E-state index contributed by atoms with van der Waals surface area (Å²) in [6.07, 6.45) is 1.90. The first-order valence-electron chi connectivity index (χ1n) is 10.1. The first kappa shape index (κ1) is 24.5. The molecule has 1 amide bonds. The lowest BCUT2D eigenvalue weighted by molar-refractivity contribution is -0.384. The summed E-state index contributed by atoms with van der Waals surface area (Å²) in [7, 11) is -2.12. The van der Waals surface area contributed by atoms with Gasteiger partial charge in [0, 0.05) is 43.7 Å². The van der Waals surface area contributed by atoms with Crippen molar-refractivity contribution in [2.24, 2.45) is 13.0 Å². The first-order valence-corrected chi connectivity index (χ1v) is 11.5. The number of nitrogens with zero attached hydrogens (tertiary/aromatic N) is 4. The van der Waals surface area contributed by atoms with Crippen LogP contribution in [0.2, 0.25) is 0 Å². The Morgan fingerprint density at radius 2 is 1.74 bits per heavy atom. The molecule has 0 aliphatic carbocycles. The third-order valence-electron chi connectivity index (χ3n) is 4.86. The van der Waals surface area contributed by atoms with E-state index in [-0.39, 0.29) is 29.0 Å². The van der Waals surface area contributed by atoms with Crippen molar-refractivity contribution < 1.29 is 18.1 Å². The molecular weight excluding hydrogens is 420 g/mol. The van der Waals surface area contributed by atoms with Crippen LogP contribution < -0.4 is 0 Å². The molecule has 31 heavy (non-hydrogen) atoms. The van der Waals surface area contributed by atoms with E-state index in [1.807, 2.05) is 43.8 Å². The van der Waals surface area contributed by atoms with E-state index >= 15 is 0 Å². The number of aromatic nitrogens is 1. The molecule has 0 aliphatic rings. The number of sulfonamides is 1. The molecule has 0 fully saturated rings. The molecule has 0 bridgehead atoms. The highest BCUT2D eigenvalue weighted by Crippen LogP contribution is 2.22. The lowest BCUT2D eigenvalue weighted by Crippen LogP contribution is -2.46. The van der Waals surface area contributed by atoms with Crippen LogP contribution in [0.25, 0.3) is 0 Å². The molecule has 0 N–H and O–H groups in total. The summed E-state index contributed by atoms with van der Waals surface area (Å²) in [5, 5.41) is 10.9. The Bertz CT molecular complexity index is 1010. The van der Waals surface area contributed by atoms with Crippen LogP contribution in [-0.4, -0.2) is 52.2 Å². The molecule has 1 heterocycles. The number of rotatable bonds is 10. The molecule has 10 heteroatoms. The fraction of sp³-hybridized carbons (Fsp3) is 0.476. The van der Waals surface area contributed by atoms with Gasteiger partial charge in [-0.3, -0.25) is 14.9 Å². The van der Waals surface area contributed by atoms with Gasteiger partial charge in [0.25, 0.3) is 5.69 Å². The van der Waals surface area contributed by atoms with Crippen molar-refractivity contribution in [2.75, 3.05) is 13.1 Å². The fourth-order valence-corrected chi connectivity index (χ4v) is 4.79. The van der Waals surface area contributed by atoms with Crippen molar-refractivity contribution in [3.05, 3.63) is 58.4 Å². The van der Waals surface area contributed by atoms with Gasteiger partial charge in [0.05, 0.1) is 22.9 Å². The average molecular weight is 451 g/mol. The van der Waals surface area contributed by atoms with Gasteiger partial charge in [-0.1, -0.05) is 13.8 Å². The zero-order valence-electron chi connectivity index (χ0n) is 18.6. The molecular formula is C21H30N4O5S. The van der Waals surface area contributed by atoms with Gasteiger partial charge < -0.3 is 9.47 Å². The van der Waals surface area contributed by atoms with E-state index in [2.05, 4.69) is 0 Å². The first-order chi connectivity index (χ1) is 14.4. The van der Waals surface area contributed by atoms with Crippen molar-refractivity contribution in [1.82, 2.24) is 13.8 Å². The van der Waals surface area contributed by atoms with E-state index in [4.69, 9.17) is 0 Å². The van der Waals surface area contributed by atoms with Gasteiger partial charge in [-0.15, -0.1) is 0 Å². The molecule has 0 atom stereocenters. The van der Waals surface area contributed by atoms with Gasteiger partial charge in [-0.2, -0.15) is 4.31 Å². The van der Waals surface area contributed by atoms with Crippen LogP contribution in [0.15, 0.2) is 47.5 Å². The highest BCUT2D eigenvalue weighted by molar-refractivity contribution is 7.89. The SMILES string of the molecule is CC(C)CN(Cc1cccn1C)C(=O)CN(C(C)C)S(=O)(=O)c1ccc([N+](=O)[O-])cc1. The molecule has 1 aromatic heterocycles. The average Bonchev–Trinajstić information content (AvgIpc) is 3.09. The number of amides is 1. The fourth-order valence-electron chi connectivity index (χ4n) is 3.21. The summed E-state index contributed by atoms with van der Waals surface area (Å²) in [4.78, 5) is 25.0. The Kier molecular flexibility index (Phi) is 7.96. The number of aryl methyl sites for hydroxylation is 1. The van der Waals surface area contributed by atoms with Crippen LogP contribution in [0.3, 0.4) is 0 Å². The number of hydrogen-bond acceptors (Lipinski definition) is 5. The minimum absolute atomic E-state index is 0.0857. The zero-order chi connectivity index (χ0) is 23.3. The van der Waals surface area contributed by atoms with Gasteiger partial charge in [-0.25, -0.2) is 8.42 Å².